The second-order valence-corrected chi connectivity index (χ2v) is 5.60. The van der Waals surface area contributed by atoms with Gasteiger partial charge >= 0.3 is 0 Å². The molecule has 1 aliphatic carbocycles. The quantitative estimate of drug-likeness (QED) is 0.874. The van der Waals surface area contributed by atoms with Crippen LogP contribution in [0.3, 0.4) is 0 Å². The molecule has 0 spiro atoms. The van der Waals surface area contributed by atoms with Crippen LogP contribution in [0.4, 0.5) is 0 Å². The Morgan fingerprint density at radius 3 is 2.79 bits per heavy atom. The smallest absolute Gasteiger partial charge is 0.290 e. The molecule has 1 fully saturated rings. The van der Waals surface area contributed by atoms with Gasteiger partial charge in [0.15, 0.2) is 0 Å². The maximum absolute atomic E-state index is 11.9. The third-order valence-electron chi connectivity index (χ3n) is 4.15. The van der Waals surface area contributed by atoms with Gasteiger partial charge in [-0.3, -0.25) is 4.79 Å². The van der Waals surface area contributed by atoms with Crippen LogP contribution in [-0.2, 0) is 0 Å². The lowest BCUT2D eigenvalue weighted by molar-refractivity contribution is -0.00809. The summed E-state index contributed by atoms with van der Waals surface area (Å²) >= 11 is 0. The van der Waals surface area contributed by atoms with Crippen LogP contribution in [0.2, 0.25) is 0 Å². The molecule has 0 aromatic carbocycles. The van der Waals surface area contributed by atoms with Gasteiger partial charge in [0.1, 0.15) is 0 Å². The Labute approximate surface area is 113 Å². The molecule has 1 aromatic rings. The zero-order valence-corrected chi connectivity index (χ0v) is 11.6. The van der Waals surface area contributed by atoms with Crippen molar-refractivity contribution in [1.82, 2.24) is 10.5 Å². The molecule has 0 atom stereocenters. The van der Waals surface area contributed by atoms with E-state index in [0.29, 0.717) is 11.5 Å². The van der Waals surface area contributed by atoms with Crippen molar-refractivity contribution in [3.63, 3.8) is 0 Å². The average molecular weight is 266 g/mol. The maximum Gasteiger partial charge on any atom is 0.290 e. The van der Waals surface area contributed by atoms with Crippen molar-refractivity contribution >= 4 is 5.91 Å². The van der Waals surface area contributed by atoms with Crippen LogP contribution >= 0.6 is 0 Å². The average Bonchev–Trinajstić information content (AvgIpc) is 2.83. The van der Waals surface area contributed by atoms with Gasteiger partial charge in [0.05, 0.1) is 11.8 Å². The van der Waals surface area contributed by atoms with Crippen molar-refractivity contribution in [2.45, 2.75) is 51.6 Å². The summed E-state index contributed by atoms with van der Waals surface area (Å²) in [5.74, 6) is 0.638. The minimum absolute atomic E-state index is 0.228. The number of amides is 1. The van der Waals surface area contributed by atoms with Gasteiger partial charge in [0.25, 0.3) is 5.91 Å². The summed E-state index contributed by atoms with van der Waals surface area (Å²) in [6, 6.07) is 0. The van der Waals surface area contributed by atoms with E-state index in [0.717, 1.165) is 25.7 Å². The number of hydrogen-bond acceptors (Lipinski definition) is 4. The van der Waals surface area contributed by atoms with Crippen LogP contribution in [-0.4, -0.2) is 28.3 Å². The normalized spacial score (nSPS) is 27.2. The minimum Gasteiger partial charge on any atom is -0.388 e. The second kappa shape index (κ2) is 5.74. The highest BCUT2D eigenvalue weighted by atomic mass is 16.5. The highest BCUT2D eigenvalue weighted by Gasteiger charge is 2.33. The number of aromatic nitrogens is 1. The van der Waals surface area contributed by atoms with E-state index in [4.69, 9.17) is 4.52 Å². The number of rotatable bonds is 4. The molecule has 2 rings (SSSR count). The van der Waals surface area contributed by atoms with Gasteiger partial charge in [-0.2, -0.15) is 0 Å². The van der Waals surface area contributed by atoms with E-state index in [1.807, 2.05) is 0 Å². The molecule has 1 amide bonds. The molecule has 1 aliphatic rings. The van der Waals surface area contributed by atoms with Crippen LogP contribution in [0.25, 0.3) is 0 Å². The summed E-state index contributed by atoms with van der Waals surface area (Å²) in [7, 11) is 0. The monoisotopic (exact) mass is 266 g/mol. The first-order valence-corrected chi connectivity index (χ1v) is 6.96. The topological polar surface area (TPSA) is 75.4 Å². The SMILES string of the molecule is CCC1CCC(O)(CNC(=O)c2oncc2C)CC1. The molecule has 5 heteroatoms. The second-order valence-electron chi connectivity index (χ2n) is 5.60. The highest BCUT2D eigenvalue weighted by molar-refractivity contribution is 5.92. The van der Waals surface area contributed by atoms with E-state index in [2.05, 4.69) is 17.4 Å². The zero-order valence-electron chi connectivity index (χ0n) is 11.6. The lowest BCUT2D eigenvalue weighted by Crippen LogP contribution is -2.45. The van der Waals surface area contributed by atoms with E-state index in [-0.39, 0.29) is 18.2 Å². The van der Waals surface area contributed by atoms with Crippen LogP contribution in [0.15, 0.2) is 10.7 Å². The molecule has 1 heterocycles. The molecular formula is C14H22N2O3. The lowest BCUT2D eigenvalue weighted by Gasteiger charge is -2.35. The molecule has 0 saturated heterocycles. The van der Waals surface area contributed by atoms with E-state index in [1.54, 1.807) is 6.92 Å². The Morgan fingerprint density at radius 1 is 1.58 bits per heavy atom. The largest absolute Gasteiger partial charge is 0.388 e. The summed E-state index contributed by atoms with van der Waals surface area (Å²) in [4.78, 5) is 11.9. The standard InChI is InChI=1S/C14H22N2O3/c1-3-11-4-6-14(18,7-5-11)9-15-13(17)12-10(2)8-16-19-12/h8,11,18H,3-7,9H2,1-2H3,(H,15,17). The van der Waals surface area contributed by atoms with Gasteiger partial charge < -0.3 is 14.9 Å². The van der Waals surface area contributed by atoms with Crippen molar-refractivity contribution < 1.29 is 14.4 Å². The van der Waals surface area contributed by atoms with Crippen molar-refractivity contribution in [3.05, 3.63) is 17.5 Å². The Kier molecular flexibility index (Phi) is 4.24. The predicted octanol–water partition coefficient (Wildman–Crippen LogP) is 2.04. The molecule has 1 saturated carbocycles. The van der Waals surface area contributed by atoms with Crippen LogP contribution in [0.5, 0.6) is 0 Å². The van der Waals surface area contributed by atoms with Crippen molar-refractivity contribution in [1.29, 1.82) is 0 Å². The summed E-state index contributed by atoms with van der Waals surface area (Å²) in [6.45, 7) is 4.23. The fraction of sp³-hybridized carbons (Fsp3) is 0.714. The van der Waals surface area contributed by atoms with Crippen LogP contribution < -0.4 is 5.32 Å². The first-order chi connectivity index (χ1) is 9.04. The van der Waals surface area contributed by atoms with Gasteiger partial charge in [-0.15, -0.1) is 0 Å². The Hall–Kier alpha value is -1.36. The number of nitrogens with zero attached hydrogens (tertiary/aromatic N) is 1. The Morgan fingerprint density at radius 2 is 2.26 bits per heavy atom. The van der Waals surface area contributed by atoms with Gasteiger partial charge in [0, 0.05) is 12.1 Å². The first kappa shape index (κ1) is 14.1. The maximum atomic E-state index is 11.9. The third kappa shape index (κ3) is 3.35. The molecule has 0 aliphatic heterocycles. The summed E-state index contributed by atoms with van der Waals surface area (Å²) in [6.07, 6.45) is 6.24. The number of carbonyl (C=O) groups is 1. The van der Waals surface area contributed by atoms with Crippen LogP contribution in [0.1, 0.15) is 55.1 Å². The van der Waals surface area contributed by atoms with Crippen LogP contribution in [0, 0.1) is 12.8 Å². The summed E-state index contributed by atoms with van der Waals surface area (Å²) < 4.78 is 4.89. The van der Waals surface area contributed by atoms with Crippen molar-refractivity contribution in [2.24, 2.45) is 5.92 Å². The molecule has 2 N–H and O–H groups in total. The van der Waals surface area contributed by atoms with Gasteiger partial charge in [-0.1, -0.05) is 18.5 Å². The zero-order chi connectivity index (χ0) is 13.9. The predicted molar refractivity (Wildman–Crippen MR) is 70.8 cm³/mol. The van der Waals surface area contributed by atoms with E-state index < -0.39 is 5.60 Å². The Bertz CT molecular complexity index is 434. The number of aliphatic hydroxyl groups is 1. The Balaban J connectivity index is 1.85. The number of aryl methyl sites for hydroxylation is 1. The van der Waals surface area contributed by atoms with E-state index >= 15 is 0 Å². The highest BCUT2D eigenvalue weighted by Crippen LogP contribution is 2.33. The van der Waals surface area contributed by atoms with E-state index in [9.17, 15) is 9.90 Å². The van der Waals surface area contributed by atoms with Crippen molar-refractivity contribution in [2.75, 3.05) is 6.54 Å². The number of carbonyl (C=O) groups excluding carboxylic acids is 1. The fourth-order valence-corrected chi connectivity index (χ4v) is 2.63. The molecule has 0 radical (unpaired) electrons. The van der Waals surface area contributed by atoms with Gasteiger partial charge in [-0.25, -0.2) is 0 Å². The van der Waals surface area contributed by atoms with Gasteiger partial charge in [0.2, 0.25) is 5.76 Å². The minimum atomic E-state index is -0.769. The lowest BCUT2D eigenvalue weighted by atomic mass is 9.78. The fourth-order valence-electron chi connectivity index (χ4n) is 2.63. The molecule has 106 valence electrons. The summed E-state index contributed by atoms with van der Waals surface area (Å²) in [5, 5.41) is 16.8. The molecular weight excluding hydrogens is 244 g/mol. The van der Waals surface area contributed by atoms with Gasteiger partial charge in [-0.05, 0) is 38.5 Å². The third-order valence-corrected chi connectivity index (χ3v) is 4.15. The molecule has 1 aromatic heterocycles. The number of nitrogens with one attached hydrogen (secondary N) is 1. The number of hydrogen-bond donors (Lipinski definition) is 2. The molecule has 5 nitrogen and oxygen atoms in total. The van der Waals surface area contributed by atoms with Crippen molar-refractivity contribution in [3.8, 4) is 0 Å². The molecule has 19 heavy (non-hydrogen) atoms. The van der Waals surface area contributed by atoms with E-state index in [1.165, 1.54) is 12.6 Å². The summed E-state index contributed by atoms with van der Waals surface area (Å²) in [5.41, 5.74) is -0.0610. The first-order valence-electron chi connectivity index (χ1n) is 6.96. The molecule has 0 unspecified atom stereocenters. The molecule has 0 bridgehead atoms.